The largest absolute Gasteiger partial charge is 0.480 e. The molecular formula is C12H19N3O3. The lowest BCUT2D eigenvalue weighted by Crippen LogP contribution is -2.34. The molecule has 0 aliphatic rings. The number of carboxylic acid groups (broad SMARTS) is 1. The third kappa shape index (κ3) is 3.89. The molecule has 1 rings (SSSR count). The molecule has 18 heavy (non-hydrogen) atoms. The van der Waals surface area contributed by atoms with E-state index in [9.17, 15) is 9.59 Å². The normalized spacial score (nSPS) is 10.7. The van der Waals surface area contributed by atoms with Crippen LogP contribution in [0.5, 0.6) is 0 Å². The molecule has 1 aromatic heterocycles. The molecule has 0 unspecified atom stereocenters. The lowest BCUT2D eigenvalue weighted by Gasteiger charge is -2.20. The predicted octanol–water partition coefficient (Wildman–Crippen LogP) is 0.206. The summed E-state index contributed by atoms with van der Waals surface area (Å²) in [6.45, 7) is 1.17. The van der Waals surface area contributed by atoms with Crippen molar-refractivity contribution < 1.29 is 14.7 Å². The molecule has 0 saturated heterocycles. The van der Waals surface area contributed by atoms with Crippen molar-refractivity contribution in [3.63, 3.8) is 0 Å². The Morgan fingerprint density at radius 1 is 1.28 bits per heavy atom. The number of likely N-dealkylation sites (N-methyl/N-ethyl adjacent to an activating group) is 2. The van der Waals surface area contributed by atoms with Crippen molar-refractivity contribution in [1.29, 1.82) is 0 Å². The van der Waals surface area contributed by atoms with Gasteiger partial charge in [-0.1, -0.05) is 0 Å². The predicted molar refractivity (Wildman–Crippen MR) is 67.6 cm³/mol. The van der Waals surface area contributed by atoms with E-state index in [-0.39, 0.29) is 12.5 Å². The minimum Gasteiger partial charge on any atom is -0.480 e. The maximum absolute atomic E-state index is 12.1. The van der Waals surface area contributed by atoms with Crippen LogP contribution in [0.4, 0.5) is 0 Å². The second kappa shape index (κ2) is 6.20. The van der Waals surface area contributed by atoms with Crippen LogP contribution in [0, 0.1) is 0 Å². The lowest BCUT2D eigenvalue weighted by atomic mass is 10.3. The number of aliphatic carboxylic acids is 1. The fourth-order valence-electron chi connectivity index (χ4n) is 1.54. The molecule has 1 N–H and O–H groups in total. The highest BCUT2D eigenvalue weighted by Crippen LogP contribution is 2.06. The zero-order valence-corrected chi connectivity index (χ0v) is 11.0. The van der Waals surface area contributed by atoms with Crippen molar-refractivity contribution in [3.05, 3.63) is 24.0 Å². The van der Waals surface area contributed by atoms with Gasteiger partial charge in [-0.05, 0) is 26.2 Å². The van der Waals surface area contributed by atoms with E-state index in [4.69, 9.17) is 5.11 Å². The van der Waals surface area contributed by atoms with Gasteiger partial charge in [-0.25, -0.2) is 0 Å². The molecule has 0 radical (unpaired) electrons. The second-order valence-electron chi connectivity index (χ2n) is 4.45. The van der Waals surface area contributed by atoms with E-state index in [1.54, 1.807) is 30.3 Å². The third-order valence-corrected chi connectivity index (χ3v) is 2.58. The molecule has 0 saturated carbocycles. The first-order valence-corrected chi connectivity index (χ1v) is 5.69. The zero-order valence-electron chi connectivity index (χ0n) is 11.0. The van der Waals surface area contributed by atoms with E-state index in [0.29, 0.717) is 12.2 Å². The van der Waals surface area contributed by atoms with Gasteiger partial charge in [-0.15, -0.1) is 0 Å². The summed E-state index contributed by atoms with van der Waals surface area (Å²) in [5.74, 6) is -1.13. The fourth-order valence-corrected chi connectivity index (χ4v) is 1.54. The van der Waals surface area contributed by atoms with Crippen LogP contribution in [0.15, 0.2) is 18.3 Å². The van der Waals surface area contributed by atoms with Crippen molar-refractivity contribution in [1.82, 2.24) is 14.4 Å². The molecule has 0 atom stereocenters. The molecule has 6 heteroatoms. The first-order valence-electron chi connectivity index (χ1n) is 5.69. The van der Waals surface area contributed by atoms with Crippen LogP contribution < -0.4 is 0 Å². The Kier molecular flexibility index (Phi) is 4.91. The van der Waals surface area contributed by atoms with Gasteiger partial charge >= 0.3 is 5.97 Å². The lowest BCUT2D eigenvalue weighted by molar-refractivity contribution is -0.137. The zero-order chi connectivity index (χ0) is 13.7. The molecule has 0 spiro atoms. The standard InChI is InChI=1S/C12H19N3O3/c1-13(2)7-8-14(3)12(18)10-5-4-6-15(10)9-11(16)17/h4-6H,7-9H2,1-3H3,(H,16,17). The van der Waals surface area contributed by atoms with E-state index in [1.165, 1.54) is 4.57 Å². The van der Waals surface area contributed by atoms with Crippen molar-refractivity contribution >= 4 is 11.9 Å². The molecule has 0 bridgehead atoms. The molecule has 1 heterocycles. The number of nitrogens with zero attached hydrogens (tertiary/aromatic N) is 3. The summed E-state index contributed by atoms with van der Waals surface area (Å²) in [6.07, 6.45) is 1.60. The van der Waals surface area contributed by atoms with Crippen molar-refractivity contribution in [2.45, 2.75) is 6.54 Å². The molecule has 0 aliphatic carbocycles. The van der Waals surface area contributed by atoms with Crippen molar-refractivity contribution in [3.8, 4) is 0 Å². The highest BCUT2D eigenvalue weighted by molar-refractivity contribution is 5.93. The van der Waals surface area contributed by atoms with Gasteiger partial charge in [0.25, 0.3) is 5.91 Å². The highest BCUT2D eigenvalue weighted by atomic mass is 16.4. The van der Waals surface area contributed by atoms with Crippen LogP contribution in [0.3, 0.4) is 0 Å². The average Bonchev–Trinajstić information content (AvgIpc) is 2.71. The number of aromatic nitrogens is 1. The monoisotopic (exact) mass is 253 g/mol. The Labute approximate surface area is 106 Å². The van der Waals surface area contributed by atoms with Crippen LogP contribution in [0.2, 0.25) is 0 Å². The minimum absolute atomic E-state index is 0.164. The molecule has 100 valence electrons. The first kappa shape index (κ1) is 14.2. The summed E-state index contributed by atoms with van der Waals surface area (Å²) >= 11 is 0. The topological polar surface area (TPSA) is 65.8 Å². The highest BCUT2D eigenvalue weighted by Gasteiger charge is 2.16. The van der Waals surface area contributed by atoms with Gasteiger partial charge in [0, 0.05) is 26.3 Å². The van der Waals surface area contributed by atoms with Gasteiger partial charge in [0.15, 0.2) is 0 Å². The summed E-state index contributed by atoms with van der Waals surface area (Å²) in [6, 6.07) is 3.31. The first-order chi connectivity index (χ1) is 8.41. The maximum atomic E-state index is 12.1. The fraction of sp³-hybridized carbons (Fsp3) is 0.500. The minimum atomic E-state index is -0.962. The van der Waals surface area contributed by atoms with Crippen LogP contribution in [-0.4, -0.2) is 65.6 Å². The molecule has 0 aliphatic heterocycles. The molecule has 0 aromatic carbocycles. The summed E-state index contributed by atoms with van der Waals surface area (Å²) in [7, 11) is 5.58. The Bertz CT molecular complexity index is 426. The Morgan fingerprint density at radius 2 is 1.94 bits per heavy atom. The average molecular weight is 253 g/mol. The summed E-state index contributed by atoms with van der Waals surface area (Å²) in [5, 5.41) is 8.75. The van der Waals surface area contributed by atoms with Crippen LogP contribution in [0.25, 0.3) is 0 Å². The number of rotatable bonds is 6. The number of carboxylic acids is 1. The van der Waals surface area contributed by atoms with E-state index >= 15 is 0 Å². The van der Waals surface area contributed by atoms with Gasteiger partial charge in [0.2, 0.25) is 0 Å². The maximum Gasteiger partial charge on any atom is 0.323 e. The SMILES string of the molecule is CN(C)CCN(C)C(=O)c1cccn1CC(=O)O. The van der Waals surface area contributed by atoms with Gasteiger partial charge in [0.1, 0.15) is 12.2 Å². The molecule has 1 aromatic rings. The smallest absolute Gasteiger partial charge is 0.323 e. The van der Waals surface area contributed by atoms with Crippen molar-refractivity contribution in [2.24, 2.45) is 0 Å². The van der Waals surface area contributed by atoms with Crippen LogP contribution in [-0.2, 0) is 11.3 Å². The van der Waals surface area contributed by atoms with Gasteiger partial charge in [-0.3, -0.25) is 9.59 Å². The van der Waals surface area contributed by atoms with E-state index in [1.807, 2.05) is 19.0 Å². The van der Waals surface area contributed by atoms with Crippen molar-refractivity contribution in [2.75, 3.05) is 34.2 Å². The number of carbonyl (C=O) groups excluding carboxylic acids is 1. The number of hydrogen-bond donors (Lipinski definition) is 1. The molecule has 6 nitrogen and oxygen atoms in total. The second-order valence-corrected chi connectivity index (χ2v) is 4.45. The Morgan fingerprint density at radius 3 is 2.50 bits per heavy atom. The van der Waals surface area contributed by atoms with Crippen LogP contribution >= 0.6 is 0 Å². The summed E-state index contributed by atoms with van der Waals surface area (Å²) in [4.78, 5) is 26.4. The van der Waals surface area contributed by atoms with E-state index in [0.717, 1.165) is 6.54 Å². The van der Waals surface area contributed by atoms with E-state index in [2.05, 4.69) is 0 Å². The van der Waals surface area contributed by atoms with Crippen LogP contribution in [0.1, 0.15) is 10.5 Å². The number of hydrogen-bond acceptors (Lipinski definition) is 3. The van der Waals surface area contributed by atoms with Gasteiger partial charge in [0.05, 0.1) is 0 Å². The molecule has 0 fully saturated rings. The third-order valence-electron chi connectivity index (χ3n) is 2.58. The summed E-state index contributed by atoms with van der Waals surface area (Å²) < 4.78 is 1.44. The molecule has 1 amide bonds. The molecular weight excluding hydrogens is 234 g/mol. The van der Waals surface area contributed by atoms with Gasteiger partial charge < -0.3 is 19.5 Å². The Hall–Kier alpha value is -1.82. The van der Waals surface area contributed by atoms with E-state index < -0.39 is 5.97 Å². The Balaban J connectivity index is 2.71. The number of amides is 1. The quantitative estimate of drug-likeness (QED) is 0.787. The number of carbonyl (C=O) groups is 2. The van der Waals surface area contributed by atoms with Gasteiger partial charge in [-0.2, -0.15) is 0 Å². The summed E-state index contributed by atoms with van der Waals surface area (Å²) in [5.41, 5.74) is 0.402.